The Morgan fingerprint density at radius 3 is 2.57 bits per heavy atom. The molecule has 3 heterocycles. The third kappa shape index (κ3) is 2.89. The van der Waals surface area contributed by atoms with Crippen molar-refractivity contribution in [2.45, 2.75) is 6.92 Å². The normalized spacial score (nSPS) is 12.9. The fraction of sp³-hybridized carbons (Fsp3) is 0.136. The Labute approximate surface area is 162 Å². The van der Waals surface area contributed by atoms with Crippen LogP contribution in [0, 0.1) is 6.92 Å². The van der Waals surface area contributed by atoms with Crippen LogP contribution in [0.3, 0.4) is 0 Å². The van der Waals surface area contributed by atoms with E-state index in [1.54, 1.807) is 12.1 Å². The molecule has 0 bridgehead atoms. The van der Waals surface area contributed by atoms with Crippen molar-refractivity contribution < 1.29 is 14.6 Å². The molecule has 28 heavy (non-hydrogen) atoms. The summed E-state index contributed by atoms with van der Waals surface area (Å²) in [5.74, 6) is 2.55. The Bertz CT molecular complexity index is 1170. The molecule has 4 aromatic rings. The monoisotopic (exact) mass is 373 g/mol. The van der Waals surface area contributed by atoms with Crippen molar-refractivity contribution >= 4 is 17.2 Å². The number of pyridine rings is 1. The smallest absolute Gasteiger partial charge is 0.163 e. The summed E-state index contributed by atoms with van der Waals surface area (Å²) >= 11 is 0. The highest BCUT2D eigenvalue weighted by Crippen LogP contribution is 2.36. The molecular formula is C22H19N3O3. The maximum Gasteiger partial charge on any atom is 0.163 e. The average molecular weight is 373 g/mol. The van der Waals surface area contributed by atoms with E-state index in [0.717, 1.165) is 45.5 Å². The van der Waals surface area contributed by atoms with Crippen LogP contribution in [0.1, 0.15) is 5.56 Å². The second kappa shape index (κ2) is 6.49. The zero-order valence-corrected chi connectivity index (χ0v) is 15.3. The van der Waals surface area contributed by atoms with E-state index in [1.165, 1.54) is 0 Å². The van der Waals surface area contributed by atoms with Crippen LogP contribution < -0.4 is 14.8 Å². The average Bonchev–Trinajstić information content (AvgIpc) is 3.06. The molecule has 0 unspecified atom stereocenters. The Balaban J connectivity index is 1.63. The first-order valence-corrected chi connectivity index (χ1v) is 9.12. The third-order valence-electron chi connectivity index (χ3n) is 4.73. The van der Waals surface area contributed by atoms with Crippen LogP contribution >= 0.6 is 0 Å². The minimum absolute atomic E-state index is 0.227. The molecule has 5 rings (SSSR count). The van der Waals surface area contributed by atoms with Crippen LogP contribution in [0.5, 0.6) is 17.2 Å². The Hall–Kier alpha value is -3.67. The number of phenolic OH excluding ortho intramolecular Hbond substituents is 1. The van der Waals surface area contributed by atoms with Crippen molar-refractivity contribution in [2.75, 3.05) is 18.5 Å². The minimum Gasteiger partial charge on any atom is -0.508 e. The Morgan fingerprint density at radius 1 is 0.964 bits per heavy atom. The Kier molecular flexibility index (Phi) is 3.83. The number of aryl methyl sites for hydroxylation is 1. The maximum absolute atomic E-state index is 9.63. The van der Waals surface area contributed by atoms with E-state index in [1.807, 2.05) is 60.0 Å². The minimum atomic E-state index is 0.227. The highest BCUT2D eigenvalue weighted by atomic mass is 16.6. The number of phenols is 1. The number of fused-ring (bicyclic) bond motifs is 2. The van der Waals surface area contributed by atoms with Gasteiger partial charge >= 0.3 is 0 Å². The van der Waals surface area contributed by atoms with Crippen LogP contribution in [0.2, 0.25) is 0 Å². The predicted molar refractivity (Wildman–Crippen MR) is 108 cm³/mol. The van der Waals surface area contributed by atoms with Crippen LogP contribution in [-0.4, -0.2) is 27.7 Å². The fourth-order valence-electron chi connectivity index (χ4n) is 3.34. The number of ether oxygens (including phenoxy) is 2. The van der Waals surface area contributed by atoms with E-state index >= 15 is 0 Å². The van der Waals surface area contributed by atoms with E-state index in [0.29, 0.717) is 13.2 Å². The molecule has 1 aliphatic rings. The molecule has 0 amide bonds. The van der Waals surface area contributed by atoms with E-state index < -0.39 is 0 Å². The molecule has 2 aromatic carbocycles. The lowest BCUT2D eigenvalue weighted by molar-refractivity contribution is 0.171. The molecular weight excluding hydrogens is 354 g/mol. The van der Waals surface area contributed by atoms with Gasteiger partial charge in [0.2, 0.25) is 0 Å². The highest BCUT2D eigenvalue weighted by molar-refractivity contribution is 5.80. The van der Waals surface area contributed by atoms with Crippen molar-refractivity contribution in [1.82, 2.24) is 9.38 Å². The number of aromatic nitrogens is 2. The van der Waals surface area contributed by atoms with Crippen molar-refractivity contribution in [3.8, 4) is 28.5 Å². The second-order valence-electron chi connectivity index (χ2n) is 6.77. The van der Waals surface area contributed by atoms with Gasteiger partial charge in [0.25, 0.3) is 0 Å². The van der Waals surface area contributed by atoms with Crippen molar-refractivity contribution in [2.24, 2.45) is 0 Å². The molecule has 6 nitrogen and oxygen atoms in total. The highest BCUT2D eigenvalue weighted by Gasteiger charge is 2.17. The van der Waals surface area contributed by atoms with Gasteiger partial charge in [-0.1, -0.05) is 0 Å². The molecule has 2 aromatic heterocycles. The molecule has 0 atom stereocenters. The van der Waals surface area contributed by atoms with Gasteiger partial charge in [-0.05, 0) is 61.0 Å². The molecule has 0 fully saturated rings. The number of rotatable bonds is 3. The summed E-state index contributed by atoms with van der Waals surface area (Å²) in [7, 11) is 0. The number of aromatic hydroxyl groups is 1. The van der Waals surface area contributed by atoms with Gasteiger partial charge in [-0.2, -0.15) is 0 Å². The molecule has 0 saturated heterocycles. The fourth-order valence-corrected chi connectivity index (χ4v) is 3.34. The van der Waals surface area contributed by atoms with Gasteiger partial charge in [-0.15, -0.1) is 0 Å². The SMILES string of the molecule is Cc1ccn2c(Nc3ccc4c(c3)OCCO4)c(-c3ccc(O)cc3)nc2c1. The number of benzene rings is 2. The lowest BCUT2D eigenvalue weighted by atomic mass is 10.1. The summed E-state index contributed by atoms with van der Waals surface area (Å²) in [5, 5.41) is 13.1. The first-order chi connectivity index (χ1) is 13.7. The van der Waals surface area contributed by atoms with Crippen LogP contribution in [0.25, 0.3) is 16.9 Å². The summed E-state index contributed by atoms with van der Waals surface area (Å²) in [6.07, 6.45) is 2.00. The lowest BCUT2D eigenvalue weighted by Gasteiger charge is -2.19. The van der Waals surface area contributed by atoms with Crippen LogP contribution in [-0.2, 0) is 0 Å². The predicted octanol–water partition coefficient (Wildman–Crippen LogP) is 4.53. The van der Waals surface area contributed by atoms with Gasteiger partial charge in [0, 0.05) is 23.5 Å². The number of imidazole rings is 1. The quantitative estimate of drug-likeness (QED) is 0.552. The number of hydrogen-bond acceptors (Lipinski definition) is 5. The number of nitrogens with zero attached hydrogens (tertiary/aromatic N) is 2. The van der Waals surface area contributed by atoms with Gasteiger partial charge in [-0.25, -0.2) is 4.98 Å². The molecule has 6 heteroatoms. The van der Waals surface area contributed by atoms with Gasteiger partial charge in [0.05, 0.1) is 0 Å². The van der Waals surface area contributed by atoms with Crippen molar-refractivity contribution in [1.29, 1.82) is 0 Å². The summed E-state index contributed by atoms with van der Waals surface area (Å²) in [6.45, 7) is 3.16. The topological polar surface area (TPSA) is 68.0 Å². The Morgan fingerprint density at radius 2 is 1.75 bits per heavy atom. The maximum atomic E-state index is 9.63. The summed E-state index contributed by atoms with van der Waals surface area (Å²) in [5.41, 5.74) is 4.59. The first kappa shape index (κ1) is 16.5. The lowest BCUT2D eigenvalue weighted by Crippen LogP contribution is -2.15. The summed E-state index contributed by atoms with van der Waals surface area (Å²) in [6, 6.07) is 16.9. The molecule has 0 saturated carbocycles. The van der Waals surface area contributed by atoms with Gasteiger partial charge in [0.15, 0.2) is 11.5 Å². The standard InChI is InChI=1S/C22H19N3O3/c1-14-8-9-25-20(12-14)24-21(15-2-5-17(26)6-3-15)22(25)23-16-4-7-18-19(13-16)28-11-10-27-18/h2-9,12-13,23,26H,10-11H2,1H3. The van der Waals surface area contributed by atoms with E-state index in [-0.39, 0.29) is 5.75 Å². The van der Waals surface area contributed by atoms with Crippen LogP contribution in [0.15, 0.2) is 60.8 Å². The number of hydrogen-bond donors (Lipinski definition) is 2. The molecule has 2 N–H and O–H groups in total. The first-order valence-electron chi connectivity index (χ1n) is 9.12. The summed E-state index contributed by atoms with van der Waals surface area (Å²) < 4.78 is 13.3. The number of nitrogens with one attached hydrogen (secondary N) is 1. The molecule has 1 aliphatic heterocycles. The largest absolute Gasteiger partial charge is 0.508 e. The van der Waals surface area contributed by atoms with Crippen molar-refractivity contribution in [3.05, 3.63) is 66.4 Å². The molecule has 0 spiro atoms. The van der Waals surface area contributed by atoms with Crippen molar-refractivity contribution in [3.63, 3.8) is 0 Å². The zero-order chi connectivity index (χ0) is 19.1. The van der Waals surface area contributed by atoms with Gasteiger partial charge in [-0.3, -0.25) is 4.40 Å². The second-order valence-corrected chi connectivity index (χ2v) is 6.77. The third-order valence-corrected chi connectivity index (χ3v) is 4.73. The summed E-state index contributed by atoms with van der Waals surface area (Å²) in [4.78, 5) is 4.82. The molecule has 0 radical (unpaired) electrons. The number of anilines is 2. The molecule has 140 valence electrons. The van der Waals surface area contributed by atoms with E-state index in [9.17, 15) is 5.11 Å². The van der Waals surface area contributed by atoms with Gasteiger partial charge in [0.1, 0.15) is 36.1 Å². The van der Waals surface area contributed by atoms with Crippen LogP contribution in [0.4, 0.5) is 11.5 Å². The molecule has 0 aliphatic carbocycles. The van der Waals surface area contributed by atoms with E-state index in [2.05, 4.69) is 5.32 Å². The van der Waals surface area contributed by atoms with Gasteiger partial charge < -0.3 is 19.9 Å². The zero-order valence-electron chi connectivity index (χ0n) is 15.3. The van der Waals surface area contributed by atoms with E-state index in [4.69, 9.17) is 14.5 Å².